The maximum Gasteiger partial charge on any atom is 0.336 e. The number of rotatable bonds is 3. The number of thiophene rings is 1. The van der Waals surface area contributed by atoms with E-state index in [9.17, 15) is 9.59 Å². The van der Waals surface area contributed by atoms with Crippen LogP contribution in [0.2, 0.25) is 0 Å². The molecular weight excluding hydrogens is 298 g/mol. The summed E-state index contributed by atoms with van der Waals surface area (Å²) < 4.78 is 0. The van der Waals surface area contributed by atoms with Gasteiger partial charge in [-0.3, -0.25) is 0 Å². The first kappa shape index (κ1) is 14.6. The third-order valence-electron chi connectivity index (χ3n) is 2.33. The molecule has 12 heteroatoms. The maximum absolute atomic E-state index is 11.2. The molecule has 4 amide bonds. The van der Waals surface area contributed by atoms with E-state index < -0.39 is 12.1 Å². The number of amides is 4. The Morgan fingerprint density at radius 1 is 1.10 bits per heavy atom. The van der Waals surface area contributed by atoms with Crippen molar-refractivity contribution in [1.29, 1.82) is 0 Å². The van der Waals surface area contributed by atoms with Gasteiger partial charge in [0, 0.05) is 0 Å². The molecule has 0 unspecified atom stereocenters. The minimum absolute atomic E-state index is 0.105. The number of aromatic nitrogens is 3. The number of nitrogens with zero attached hydrogens (tertiary/aromatic N) is 5. The van der Waals surface area contributed by atoms with E-state index in [0.717, 1.165) is 0 Å². The molecule has 110 valence electrons. The molecule has 0 aromatic carbocycles. The third kappa shape index (κ3) is 2.86. The van der Waals surface area contributed by atoms with Gasteiger partial charge < -0.3 is 11.5 Å². The largest absolute Gasteiger partial charge is 0.350 e. The van der Waals surface area contributed by atoms with E-state index in [4.69, 9.17) is 23.2 Å². The first-order valence-electron chi connectivity index (χ1n) is 5.39. The molecule has 0 fully saturated rings. The SMILES string of the molecule is NC(=O)N(N)c1nnc(-c2cccs2)c(N(N)C(N)=O)n1. The molecule has 0 radical (unpaired) electrons. The number of carbonyl (C=O) groups excluding carboxylic acids is 2. The summed E-state index contributed by atoms with van der Waals surface area (Å²) in [6.45, 7) is 0. The average Bonchev–Trinajstić information content (AvgIpc) is 2.98. The van der Waals surface area contributed by atoms with Crippen LogP contribution in [0.5, 0.6) is 0 Å². The third-order valence-corrected chi connectivity index (χ3v) is 3.21. The lowest BCUT2D eigenvalue weighted by Crippen LogP contribution is -2.45. The van der Waals surface area contributed by atoms with Crippen LogP contribution < -0.4 is 33.2 Å². The normalized spacial score (nSPS) is 10.2. The summed E-state index contributed by atoms with van der Waals surface area (Å²) in [6, 6.07) is 1.52. The summed E-state index contributed by atoms with van der Waals surface area (Å²) in [4.78, 5) is 26.8. The Labute approximate surface area is 122 Å². The minimum Gasteiger partial charge on any atom is -0.350 e. The van der Waals surface area contributed by atoms with Crippen molar-refractivity contribution in [1.82, 2.24) is 15.2 Å². The number of nitrogens with two attached hydrogens (primary N) is 4. The fourth-order valence-electron chi connectivity index (χ4n) is 1.36. The van der Waals surface area contributed by atoms with Crippen LogP contribution in [0.15, 0.2) is 17.5 Å². The molecule has 2 aromatic rings. The summed E-state index contributed by atoms with van der Waals surface area (Å²) in [6.07, 6.45) is 0. The van der Waals surface area contributed by atoms with Crippen LogP contribution in [0.3, 0.4) is 0 Å². The molecular formula is C9H11N9O2S. The Hall–Kier alpha value is -2.83. The topological polar surface area (TPSA) is 183 Å². The summed E-state index contributed by atoms with van der Waals surface area (Å²) in [7, 11) is 0. The van der Waals surface area contributed by atoms with Crippen molar-refractivity contribution >= 4 is 35.2 Å². The molecule has 2 heterocycles. The zero-order chi connectivity index (χ0) is 15.6. The number of carbonyl (C=O) groups is 2. The average molecular weight is 309 g/mol. The van der Waals surface area contributed by atoms with E-state index in [1.165, 1.54) is 11.3 Å². The first-order valence-corrected chi connectivity index (χ1v) is 6.27. The Bertz CT molecular complexity index is 674. The van der Waals surface area contributed by atoms with Gasteiger partial charge in [-0.05, 0) is 11.4 Å². The van der Waals surface area contributed by atoms with Gasteiger partial charge in [0.1, 0.15) is 5.69 Å². The number of hydrogen-bond acceptors (Lipinski definition) is 8. The number of urea groups is 2. The lowest BCUT2D eigenvalue weighted by Gasteiger charge is -2.17. The van der Waals surface area contributed by atoms with Crippen molar-refractivity contribution in [3.8, 4) is 10.6 Å². The molecule has 2 rings (SSSR count). The molecule has 0 aliphatic heterocycles. The van der Waals surface area contributed by atoms with Crippen molar-refractivity contribution < 1.29 is 9.59 Å². The van der Waals surface area contributed by atoms with Crippen molar-refractivity contribution in [2.45, 2.75) is 0 Å². The number of hydrazine groups is 2. The van der Waals surface area contributed by atoms with E-state index >= 15 is 0 Å². The highest BCUT2D eigenvalue weighted by atomic mass is 32.1. The second-order valence-electron chi connectivity index (χ2n) is 3.68. The van der Waals surface area contributed by atoms with Crippen LogP contribution >= 0.6 is 11.3 Å². The summed E-state index contributed by atoms with van der Waals surface area (Å²) in [5.74, 6) is 10.5. The standard InChI is InChI=1S/C9H11N9O2S/c10-7(19)17(12)6-5(4-2-1-3-21-4)15-16-9(14-6)18(13)8(11)20/h1-3H,12-13H2,(H2,10,19)(H2,11,20). The predicted octanol–water partition coefficient (Wildman–Crippen LogP) is -0.882. The van der Waals surface area contributed by atoms with Gasteiger partial charge in [0.2, 0.25) is 0 Å². The fraction of sp³-hybridized carbons (Fsp3) is 0. The number of hydrogen-bond donors (Lipinski definition) is 4. The lowest BCUT2D eigenvalue weighted by molar-refractivity contribution is 0.253. The lowest BCUT2D eigenvalue weighted by atomic mass is 10.3. The van der Waals surface area contributed by atoms with Gasteiger partial charge in [0.05, 0.1) is 4.88 Å². The highest BCUT2D eigenvalue weighted by Gasteiger charge is 2.22. The van der Waals surface area contributed by atoms with Gasteiger partial charge in [0.15, 0.2) is 5.82 Å². The molecule has 11 nitrogen and oxygen atoms in total. The molecule has 21 heavy (non-hydrogen) atoms. The van der Waals surface area contributed by atoms with Crippen LogP contribution in [-0.4, -0.2) is 27.2 Å². The van der Waals surface area contributed by atoms with Crippen LogP contribution in [0, 0.1) is 0 Å². The Morgan fingerprint density at radius 3 is 2.29 bits per heavy atom. The van der Waals surface area contributed by atoms with Crippen LogP contribution in [0.1, 0.15) is 0 Å². The van der Waals surface area contributed by atoms with Gasteiger partial charge in [-0.15, -0.1) is 21.5 Å². The summed E-state index contributed by atoms with van der Waals surface area (Å²) in [5, 5.41) is 10.4. The predicted molar refractivity (Wildman–Crippen MR) is 75.6 cm³/mol. The maximum atomic E-state index is 11.2. The van der Waals surface area contributed by atoms with Crippen molar-refractivity contribution in [2.24, 2.45) is 23.2 Å². The zero-order valence-corrected chi connectivity index (χ0v) is 11.3. The molecule has 0 spiro atoms. The second-order valence-corrected chi connectivity index (χ2v) is 4.63. The quantitative estimate of drug-likeness (QED) is 0.322. The fourth-order valence-corrected chi connectivity index (χ4v) is 2.06. The Kier molecular flexibility index (Phi) is 3.93. The number of anilines is 2. The smallest absolute Gasteiger partial charge is 0.336 e. The summed E-state index contributed by atoms with van der Waals surface area (Å²) in [5.41, 5.74) is 10.3. The van der Waals surface area contributed by atoms with Gasteiger partial charge in [-0.1, -0.05) is 6.07 Å². The Morgan fingerprint density at radius 2 is 1.76 bits per heavy atom. The highest BCUT2D eigenvalue weighted by Crippen LogP contribution is 2.29. The van der Waals surface area contributed by atoms with E-state index in [1.807, 2.05) is 0 Å². The van der Waals surface area contributed by atoms with E-state index in [-0.39, 0.29) is 17.5 Å². The van der Waals surface area contributed by atoms with E-state index in [0.29, 0.717) is 14.9 Å². The van der Waals surface area contributed by atoms with Gasteiger partial charge in [0.25, 0.3) is 5.95 Å². The molecule has 0 saturated heterocycles. The van der Waals surface area contributed by atoms with Gasteiger partial charge in [-0.25, -0.2) is 26.3 Å². The molecule has 0 bridgehead atoms. The molecule has 0 saturated carbocycles. The molecule has 2 aromatic heterocycles. The molecule has 0 atom stereocenters. The van der Waals surface area contributed by atoms with Gasteiger partial charge >= 0.3 is 12.1 Å². The first-order chi connectivity index (χ1) is 9.91. The Balaban J connectivity index is 2.57. The van der Waals surface area contributed by atoms with Crippen molar-refractivity contribution in [3.05, 3.63) is 17.5 Å². The van der Waals surface area contributed by atoms with E-state index in [2.05, 4.69) is 15.2 Å². The van der Waals surface area contributed by atoms with Crippen molar-refractivity contribution in [2.75, 3.05) is 10.0 Å². The van der Waals surface area contributed by atoms with Crippen LogP contribution in [0.4, 0.5) is 21.4 Å². The monoisotopic (exact) mass is 309 g/mol. The highest BCUT2D eigenvalue weighted by molar-refractivity contribution is 7.13. The summed E-state index contributed by atoms with van der Waals surface area (Å²) >= 11 is 1.33. The zero-order valence-electron chi connectivity index (χ0n) is 10.5. The van der Waals surface area contributed by atoms with Crippen LogP contribution in [0.25, 0.3) is 10.6 Å². The molecule has 8 N–H and O–H groups in total. The van der Waals surface area contributed by atoms with Crippen LogP contribution in [-0.2, 0) is 0 Å². The van der Waals surface area contributed by atoms with Gasteiger partial charge in [-0.2, -0.15) is 9.99 Å². The van der Waals surface area contributed by atoms with Crippen molar-refractivity contribution in [3.63, 3.8) is 0 Å². The molecule has 0 aliphatic rings. The number of primary amides is 2. The molecule has 0 aliphatic carbocycles. The minimum atomic E-state index is -1.01. The van der Waals surface area contributed by atoms with E-state index in [1.54, 1.807) is 17.5 Å². The second kappa shape index (κ2) is 5.66.